The quantitative estimate of drug-likeness (QED) is 0.558. The number of amides is 2. The lowest BCUT2D eigenvalue weighted by Gasteiger charge is -2.34. The summed E-state index contributed by atoms with van der Waals surface area (Å²) in [7, 11) is 0. The second-order valence-electron chi connectivity index (χ2n) is 7.55. The van der Waals surface area contributed by atoms with Crippen molar-refractivity contribution in [2.24, 2.45) is 0 Å². The molecule has 0 unspecified atom stereocenters. The van der Waals surface area contributed by atoms with E-state index in [1.54, 1.807) is 16.2 Å². The van der Waals surface area contributed by atoms with Gasteiger partial charge >= 0.3 is 6.18 Å². The number of aromatic nitrogens is 1. The van der Waals surface area contributed by atoms with Gasteiger partial charge in [-0.3, -0.25) is 14.5 Å². The maximum absolute atomic E-state index is 13.1. The Labute approximate surface area is 196 Å². The summed E-state index contributed by atoms with van der Waals surface area (Å²) in [5.41, 5.74) is -0.398. The van der Waals surface area contributed by atoms with Gasteiger partial charge in [0.25, 0.3) is 0 Å². The third-order valence-corrected chi connectivity index (χ3v) is 7.14. The molecule has 0 atom stereocenters. The number of halogens is 3. The van der Waals surface area contributed by atoms with Crippen LogP contribution in [0.1, 0.15) is 11.3 Å². The second kappa shape index (κ2) is 10.0. The molecule has 0 aliphatic carbocycles. The minimum absolute atomic E-state index is 0.0266. The van der Waals surface area contributed by atoms with Gasteiger partial charge in [0, 0.05) is 31.6 Å². The third kappa shape index (κ3) is 5.98. The van der Waals surface area contributed by atoms with Crippen molar-refractivity contribution in [2.75, 3.05) is 38.0 Å². The molecule has 0 radical (unpaired) electrons. The first-order chi connectivity index (χ1) is 15.8. The molecule has 174 valence electrons. The predicted octanol–water partition coefficient (Wildman–Crippen LogP) is 4.22. The Hall–Kier alpha value is -2.76. The number of rotatable bonds is 6. The number of thiophene rings is 1. The lowest BCUT2D eigenvalue weighted by Crippen LogP contribution is -2.50. The highest BCUT2D eigenvalue weighted by molar-refractivity contribution is 7.20. The number of nitrogens with one attached hydrogen (secondary N) is 1. The van der Waals surface area contributed by atoms with E-state index in [2.05, 4.69) is 10.3 Å². The normalized spacial score (nSPS) is 14.9. The van der Waals surface area contributed by atoms with Crippen molar-refractivity contribution in [2.45, 2.75) is 12.6 Å². The minimum Gasteiger partial charge on any atom is -0.340 e. The highest BCUT2D eigenvalue weighted by Gasteiger charge is 2.33. The summed E-state index contributed by atoms with van der Waals surface area (Å²) >= 11 is 3.11. The van der Waals surface area contributed by atoms with Crippen molar-refractivity contribution in [3.8, 4) is 9.88 Å². The van der Waals surface area contributed by atoms with Crippen LogP contribution in [0.4, 0.5) is 18.9 Å². The van der Waals surface area contributed by atoms with Crippen LogP contribution in [0, 0.1) is 0 Å². The van der Waals surface area contributed by atoms with Crippen molar-refractivity contribution in [3.63, 3.8) is 0 Å². The van der Waals surface area contributed by atoms with E-state index in [0.29, 0.717) is 26.2 Å². The van der Waals surface area contributed by atoms with Crippen LogP contribution in [0.3, 0.4) is 0 Å². The molecule has 2 amide bonds. The molecule has 11 heteroatoms. The number of carbonyl (C=O) groups is 2. The number of piperazine rings is 1. The largest absolute Gasteiger partial charge is 0.418 e. The first-order valence-electron chi connectivity index (χ1n) is 10.2. The Morgan fingerprint density at radius 3 is 2.48 bits per heavy atom. The van der Waals surface area contributed by atoms with Gasteiger partial charge in [-0.1, -0.05) is 18.2 Å². The zero-order valence-electron chi connectivity index (χ0n) is 17.5. The van der Waals surface area contributed by atoms with Crippen molar-refractivity contribution >= 4 is 40.2 Å². The molecule has 6 nitrogen and oxygen atoms in total. The third-order valence-electron chi connectivity index (χ3n) is 5.21. The number of hydrogen-bond acceptors (Lipinski definition) is 6. The minimum atomic E-state index is -4.54. The predicted molar refractivity (Wildman–Crippen MR) is 122 cm³/mol. The van der Waals surface area contributed by atoms with Crippen LogP contribution in [-0.2, 0) is 22.2 Å². The average Bonchev–Trinajstić information content (AvgIpc) is 3.46. The van der Waals surface area contributed by atoms with E-state index < -0.39 is 17.6 Å². The SMILES string of the molecule is O=C(CN1CCN(C(=O)Cc2csc(-c3cccs3)n2)CC1)Nc1ccccc1C(F)(F)F. The van der Waals surface area contributed by atoms with Crippen LogP contribution in [-0.4, -0.2) is 59.3 Å². The molecule has 33 heavy (non-hydrogen) atoms. The van der Waals surface area contributed by atoms with Gasteiger partial charge in [0.05, 0.1) is 34.8 Å². The number of carbonyl (C=O) groups excluding carboxylic acids is 2. The summed E-state index contributed by atoms with van der Waals surface area (Å²) in [6.45, 7) is 1.81. The first-order valence-corrected chi connectivity index (χ1v) is 12.0. The number of para-hydroxylation sites is 1. The summed E-state index contributed by atoms with van der Waals surface area (Å²) < 4.78 is 39.3. The van der Waals surface area contributed by atoms with Crippen molar-refractivity contribution in [1.29, 1.82) is 0 Å². The highest BCUT2D eigenvalue weighted by atomic mass is 32.1. The van der Waals surface area contributed by atoms with Gasteiger partial charge in [0.1, 0.15) is 5.01 Å². The first kappa shape index (κ1) is 23.4. The van der Waals surface area contributed by atoms with Gasteiger partial charge in [0.15, 0.2) is 0 Å². The summed E-state index contributed by atoms with van der Waals surface area (Å²) in [5.74, 6) is -0.545. The van der Waals surface area contributed by atoms with Crippen LogP contribution in [0.5, 0.6) is 0 Å². The number of alkyl halides is 3. The van der Waals surface area contributed by atoms with Gasteiger partial charge in [-0.05, 0) is 23.6 Å². The Morgan fingerprint density at radius 1 is 1.03 bits per heavy atom. The standard InChI is InChI=1S/C22H21F3N4O2S2/c23-22(24,25)16-4-1-2-5-17(16)27-19(30)13-28-7-9-29(10-8-28)20(31)12-15-14-33-21(26-15)18-6-3-11-32-18/h1-6,11,14H,7-10,12-13H2,(H,27,30). The van der Waals surface area contributed by atoms with E-state index in [4.69, 9.17) is 0 Å². The fraction of sp³-hybridized carbons (Fsp3) is 0.318. The topological polar surface area (TPSA) is 65.5 Å². The van der Waals surface area contributed by atoms with Crippen LogP contribution in [0.2, 0.25) is 0 Å². The lowest BCUT2D eigenvalue weighted by atomic mass is 10.1. The van der Waals surface area contributed by atoms with Gasteiger partial charge in [-0.15, -0.1) is 22.7 Å². The number of hydrogen-bond donors (Lipinski definition) is 1. The smallest absolute Gasteiger partial charge is 0.340 e. The fourth-order valence-corrected chi connectivity index (χ4v) is 5.19. The Bertz CT molecular complexity index is 1110. The van der Waals surface area contributed by atoms with Crippen LogP contribution in [0.25, 0.3) is 9.88 Å². The van der Waals surface area contributed by atoms with Crippen molar-refractivity contribution in [3.05, 3.63) is 58.4 Å². The monoisotopic (exact) mass is 494 g/mol. The molecule has 1 aromatic carbocycles. The van der Waals surface area contributed by atoms with Crippen LogP contribution in [0.15, 0.2) is 47.2 Å². The summed E-state index contributed by atoms with van der Waals surface area (Å²) in [6, 6.07) is 8.85. The van der Waals surface area contributed by atoms with Crippen LogP contribution < -0.4 is 5.32 Å². The van der Waals surface area contributed by atoms with E-state index in [9.17, 15) is 22.8 Å². The maximum atomic E-state index is 13.1. The van der Waals surface area contributed by atoms with Gasteiger partial charge in [-0.25, -0.2) is 4.98 Å². The molecule has 1 aliphatic heterocycles. The zero-order valence-corrected chi connectivity index (χ0v) is 19.1. The summed E-state index contributed by atoms with van der Waals surface area (Å²) in [5, 5.41) is 7.13. The Kier molecular flexibility index (Phi) is 7.11. The second-order valence-corrected chi connectivity index (χ2v) is 9.35. The summed E-state index contributed by atoms with van der Waals surface area (Å²) in [6.07, 6.45) is -4.33. The molecule has 1 fully saturated rings. The molecule has 0 spiro atoms. The number of anilines is 1. The molecule has 2 aromatic heterocycles. The molecular weight excluding hydrogens is 473 g/mol. The van der Waals surface area contributed by atoms with Crippen molar-refractivity contribution < 1.29 is 22.8 Å². The maximum Gasteiger partial charge on any atom is 0.418 e. The fourth-order valence-electron chi connectivity index (χ4n) is 3.56. The molecular formula is C22H21F3N4O2S2. The van der Waals surface area contributed by atoms with E-state index in [-0.39, 0.29) is 24.6 Å². The van der Waals surface area contributed by atoms with E-state index in [0.717, 1.165) is 21.6 Å². The van der Waals surface area contributed by atoms with E-state index in [1.165, 1.54) is 29.5 Å². The molecule has 0 saturated carbocycles. The zero-order chi connectivity index (χ0) is 23.4. The highest BCUT2D eigenvalue weighted by Crippen LogP contribution is 2.34. The molecule has 1 aliphatic rings. The summed E-state index contributed by atoms with van der Waals surface area (Å²) in [4.78, 5) is 34.1. The lowest BCUT2D eigenvalue weighted by molar-refractivity contribution is -0.137. The molecule has 1 saturated heterocycles. The average molecular weight is 495 g/mol. The van der Waals surface area contributed by atoms with Gasteiger partial charge in [-0.2, -0.15) is 13.2 Å². The molecule has 3 aromatic rings. The number of nitrogens with zero attached hydrogens (tertiary/aromatic N) is 3. The van der Waals surface area contributed by atoms with Gasteiger partial charge in [0.2, 0.25) is 11.8 Å². The molecule has 0 bridgehead atoms. The molecule has 4 rings (SSSR count). The molecule has 3 heterocycles. The number of benzene rings is 1. The number of thiazole rings is 1. The van der Waals surface area contributed by atoms with Crippen molar-refractivity contribution in [1.82, 2.24) is 14.8 Å². The van der Waals surface area contributed by atoms with E-state index >= 15 is 0 Å². The van der Waals surface area contributed by atoms with Gasteiger partial charge < -0.3 is 10.2 Å². The molecule has 1 N–H and O–H groups in total. The van der Waals surface area contributed by atoms with E-state index in [1.807, 2.05) is 27.8 Å². The van der Waals surface area contributed by atoms with Crippen LogP contribution >= 0.6 is 22.7 Å². The Morgan fingerprint density at radius 2 is 1.79 bits per heavy atom. The Balaban J connectivity index is 1.25.